The van der Waals surface area contributed by atoms with E-state index in [1.54, 1.807) is 46.2 Å². The Balaban J connectivity index is 1.69. The molecule has 0 atom stereocenters. The van der Waals surface area contributed by atoms with E-state index < -0.39 is 0 Å². The normalized spacial score (nSPS) is 10.6. The van der Waals surface area contributed by atoms with E-state index in [2.05, 4.69) is 0 Å². The smallest absolute Gasteiger partial charge is 0.375 e. The number of carbonyl (C=O) groups excluding carboxylic acids is 2. The largest absolute Gasteiger partial charge is 0.463 e. The molecule has 2 rings (SSSR count). The second-order valence-electron chi connectivity index (χ2n) is 4.28. The third kappa shape index (κ3) is 5.63. The lowest BCUT2D eigenvalue weighted by atomic mass is 10.4. The molecule has 24 heavy (non-hydrogen) atoms. The van der Waals surface area contributed by atoms with Crippen molar-refractivity contribution < 1.29 is 19.1 Å². The molecule has 2 aromatic rings. The molecular weight excluding hydrogens is 425 g/mol. The number of hydrogen-bond donors (Lipinski definition) is 0. The Morgan fingerprint density at radius 1 is 0.917 bits per heavy atom. The first-order chi connectivity index (χ1) is 11.7. The quantitative estimate of drug-likeness (QED) is 0.215. The Kier molecular flexibility index (Phi) is 8.92. The number of unbranched alkanes of at least 4 members (excludes halogenated alkanes) is 1. The molecule has 0 spiro atoms. The Labute approximate surface area is 165 Å². The van der Waals surface area contributed by atoms with E-state index in [1.165, 1.54) is 36.9 Å². The summed E-state index contributed by atoms with van der Waals surface area (Å²) in [5, 5.41) is 0. The molecule has 0 amide bonds. The fourth-order valence-corrected chi connectivity index (χ4v) is 8.87. The summed E-state index contributed by atoms with van der Waals surface area (Å²) in [6.45, 7) is 0. The summed E-state index contributed by atoms with van der Waals surface area (Å²) >= 11 is 9.46. The molecule has 10 heteroatoms. The summed E-state index contributed by atoms with van der Waals surface area (Å²) in [4.78, 5) is 24.6. The minimum absolute atomic E-state index is 0.256. The van der Waals surface area contributed by atoms with Crippen molar-refractivity contribution in [3.05, 3.63) is 19.1 Å². The fourth-order valence-electron chi connectivity index (χ4n) is 1.62. The average Bonchev–Trinajstić information content (AvgIpc) is 3.25. The molecule has 0 aliphatic rings. The van der Waals surface area contributed by atoms with Crippen LogP contribution in [0.5, 0.6) is 0 Å². The summed E-state index contributed by atoms with van der Waals surface area (Å²) in [5.41, 5.74) is 0. The number of methoxy groups -OCH3 is 2. The maximum absolute atomic E-state index is 11.6. The van der Waals surface area contributed by atoms with E-state index >= 15 is 0 Å². The van der Waals surface area contributed by atoms with Gasteiger partial charge in [-0.15, -0.1) is 0 Å². The Morgan fingerprint density at radius 2 is 1.33 bits per heavy atom. The molecule has 0 aliphatic carbocycles. The molecule has 0 unspecified atom stereocenters. The topological polar surface area (TPSA) is 52.6 Å². The van der Waals surface area contributed by atoms with Crippen LogP contribution < -0.4 is 0 Å². The molecule has 0 N–H and O–H groups in total. The highest BCUT2D eigenvalue weighted by Gasteiger charge is 2.25. The first-order valence-electron chi connectivity index (χ1n) is 6.88. The van der Waals surface area contributed by atoms with Crippen molar-refractivity contribution in [2.45, 2.75) is 21.3 Å². The lowest BCUT2D eigenvalue weighted by Gasteiger charge is -1.98. The maximum atomic E-state index is 11.6. The van der Waals surface area contributed by atoms with Crippen molar-refractivity contribution in [1.29, 1.82) is 0 Å². The van der Waals surface area contributed by atoms with Crippen LogP contribution >= 0.6 is 68.9 Å². The van der Waals surface area contributed by atoms with E-state index in [1.807, 2.05) is 9.39 Å². The molecule has 0 bridgehead atoms. The van der Waals surface area contributed by atoms with Crippen molar-refractivity contribution in [2.24, 2.45) is 0 Å². The summed E-state index contributed by atoms with van der Waals surface area (Å²) in [7, 11) is 2.82. The zero-order valence-corrected chi connectivity index (χ0v) is 18.0. The van der Waals surface area contributed by atoms with E-state index in [0.29, 0.717) is 9.75 Å². The third-order valence-corrected chi connectivity index (χ3v) is 10.1. The summed E-state index contributed by atoms with van der Waals surface area (Å²) in [5.74, 6) is 1.42. The minimum Gasteiger partial charge on any atom is -0.463 e. The van der Waals surface area contributed by atoms with E-state index in [9.17, 15) is 9.59 Å². The van der Waals surface area contributed by atoms with Gasteiger partial charge in [0.15, 0.2) is 0 Å². The van der Waals surface area contributed by atoms with Crippen LogP contribution in [0.1, 0.15) is 32.2 Å². The van der Waals surface area contributed by atoms with Gasteiger partial charge in [-0.3, -0.25) is 0 Å². The van der Waals surface area contributed by atoms with Gasteiger partial charge in [-0.1, -0.05) is 23.5 Å². The number of rotatable bonds is 9. The van der Waals surface area contributed by atoms with Crippen LogP contribution in [-0.4, -0.2) is 37.7 Å². The predicted octanol–water partition coefficient (Wildman–Crippen LogP) is 5.73. The lowest BCUT2D eigenvalue weighted by Crippen LogP contribution is -1.99. The van der Waals surface area contributed by atoms with Gasteiger partial charge >= 0.3 is 11.9 Å². The Bertz CT molecular complexity index is 622. The van der Waals surface area contributed by atoms with Crippen LogP contribution in [0.25, 0.3) is 0 Å². The molecule has 0 fully saturated rings. The van der Waals surface area contributed by atoms with Crippen LogP contribution in [0.15, 0.2) is 17.8 Å². The molecule has 130 valence electrons. The van der Waals surface area contributed by atoms with E-state index in [-0.39, 0.29) is 11.9 Å². The van der Waals surface area contributed by atoms with Gasteiger partial charge in [0.05, 0.1) is 59.6 Å². The predicted molar refractivity (Wildman–Crippen MR) is 107 cm³/mol. The number of ether oxygens (including phenoxy) is 2. The van der Waals surface area contributed by atoms with Crippen LogP contribution in [0, 0.1) is 0 Å². The highest BCUT2D eigenvalue weighted by molar-refractivity contribution is 8.01. The van der Waals surface area contributed by atoms with Gasteiger partial charge in [0.25, 0.3) is 9.75 Å². The van der Waals surface area contributed by atoms with Crippen LogP contribution in [0.4, 0.5) is 0 Å². The van der Waals surface area contributed by atoms with Crippen molar-refractivity contribution >= 4 is 80.8 Å². The van der Waals surface area contributed by atoms with Gasteiger partial charge in [-0.2, -0.15) is 0 Å². The average molecular weight is 441 g/mol. The van der Waals surface area contributed by atoms with Gasteiger partial charge in [-0.25, -0.2) is 9.59 Å². The zero-order valence-electron chi connectivity index (χ0n) is 13.1. The Morgan fingerprint density at radius 3 is 1.71 bits per heavy atom. The molecule has 0 saturated carbocycles. The second kappa shape index (κ2) is 10.7. The first-order valence-corrected chi connectivity index (χ1v) is 12.4. The van der Waals surface area contributed by atoms with Crippen molar-refractivity contribution in [2.75, 3.05) is 25.7 Å². The third-order valence-electron chi connectivity index (χ3n) is 2.76. The van der Waals surface area contributed by atoms with Gasteiger partial charge in [0.2, 0.25) is 17.8 Å². The standard InChI is InChI=1S/C14H16O4S6/c1-17-11(15)9-13(23-7-21-9)19-5-3-4-6-20-14-10(12(16)18-2)22-8-24-14/h7-8H,3-6H2,1-2H3/q+2. The molecule has 0 aliphatic heterocycles. The lowest BCUT2D eigenvalue weighted by molar-refractivity contribution is 0.0594. The molecule has 4 nitrogen and oxygen atoms in total. The summed E-state index contributed by atoms with van der Waals surface area (Å²) in [6.07, 6.45) is 2.12. The van der Waals surface area contributed by atoms with Crippen molar-refractivity contribution in [3.8, 4) is 0 Å². The van der Waals surface area contributed by atoms with E-state index in [0.717, 1.165) is 32.8 Å². The summed E-state index contributed by atoms with van der Waals surface area (Å²) < 4.78 is 15.6. The highest BCUT2D eigenvalue weighted by atomic mass is 32.2. The summed E-state index contributed by atoms with van der Waals surface area (Å²) in [6, 6.07) is 0. The Hall–Kier alpha value is -0.260. The van der Waals surface area contributed by atoms with Crippen LogP contribution in [0.2, 0.25) is 0 Å². The van der Waals surface area contributed by atoms with Crippen molar-refractivity contribution in [1.82, 2.24) is 0 Å². The fraction of sp³-hybridized carbons (Fsp3) is 0.429. The molecular formula is C14H16O4S6+2. The zero-order chi connectivity index (χ0) is 17.4. The van der Waals surface area contributed by atoms with Crippen LogP contribution in [-0.2, 0) is 9.47 Å². The molecule has 2 heterocycles. The second-order valence-corrected chi connectivity index (χ2v) is 11.1. The van der Waals surface area contributed by atoms with Crippen molar-refractivity contribution in [3.63, 3.8) is 0 Å². The van der Waals surface area contributed by atoms with Gasteiger partial charge in [0, 0.05) is 11.5 Å². The SMILES string of the molecule is COC(=O)c1sc[s+]c1SCCCCSc1[s+]csc1C(=O)OC. The number of hydrogen-bond acceptors (Lipinski definition) is 8. The maximum Gasteiger partial charge on any atom is 0.375 e. The number of esters is 2. The molecule has 0 aromatic carbocycles. The van der Waals surface area contributed by atoms with Crippen LogP contribution in [0.3, 0.4) is 0 Å². The molecule has 2 aromatic heterocycles. The monoisotopic (exact) mass is 440 g/mol. The van der Waals surface area contributed by atoms with E-state index in [4.69, 9.17) is 9.47 Å². The number of thioether (sulfide) groups is 2. The molecule has 0 saturated heterocycles. The van der Waals surface area contributed by atoms with Gasteiger partial charge in [0.1, 0.15) is 0 Å². The minimum atomic E-state index is -0.256. The first kappa shape index (κ1) is 20.1. The molecule has 0 radical (unpaired) electrons. The highest BCUT2D eigenvalue weighted by Crippen LogP contribution is 2.35. The van der Waals surface area contributed by atoms with Gasteiger partial charge < -0.3 is 9.47 Å². The van der Waals surface area contributed by atoms with Gasteiger partial charge in [-0.05, 0) is 12.8 Å². The number of carbonyl (C=O) groups is 2.